The highest BCUT2D eigenvalue weighted by molar-refractivity contribution is 9.10. The molecule has 0 saturated carbocycles. The maximum Gasteiger partial charge on any atom is 0.230 e. The molecule has 5 heteroatoms. The number of hydrogen-bond donors (Lipinski definition) is 0. The number of para-hydroxylation sites is 1. The predicted octanol–water partition coefficient (Wildman–Crippen LogP) is 3.44. The molecule has 100 valence electrons. The Morgan fingerprint density at radius 3 is 2.90 bits per heavy atom. The van der Waals surface area contributed by atoms with Gasteiger partial charge in [0.2, 0.25) is 5.78 Å². The summed E-state index contributed by atoms with van der Waals surface area (Å²) < 4.78 is 2.37. The predicted molar refractivity (Wildman–Crippen MR) is 80.8 cm³/mol. The Bertz CT molecular complexity index is 795. The fraction of sp³-hybridized carbons (Fsp3) is 0.133. The Hall–Kier alpha value is -2.01. The molecule has 0 amide bonds. The highest BCUT2D eigenvalue weighted by atomic mass is 79.9. The van der Waals surface area contributed by atoms with E-state index in [4.69, 9.17) is 0 Å². The Labute approximate surface area is 124 Å². The smallest absolute Gasteiger partial charge is 0.230 e. The lowest BCUT2D eigenvalue weighted by Gasteiger charge is -2.07. The summed E-state index contributed by atoms with van der Waals surface area (Å²) in [5, 5.41) is 5.13. The molecule has 3 rings (SSSR count). The molecule has 1 aromatic carbocycles. The molecule has 4 nitrogen and oxygen atoms in total. The third-order valence-electron chi connectivity index (χ3n) is 3.14. The van der Waals surface area contributed by atoms with Crippen LogP contribution in [0.4, 0.5) is 0 Å². The molecule has 0 spiro atoms. The van der Waals surface area contributed by atoms with Gasteiger partial charge in [-0.05, 0) is 41.1 Å². The van der Waals surface area contributed by atoms with E-state index in [9.17, 15) is 4.79 Å². The number of benzene rings is 1. The van der Waals surface area contributed by atoms with E-state index in [0.29, 0.717) is 22.4 Å². The van der Waals surface area contributed by atoms with Crippen LogP contribution in [0.1, 0.15) is 23.1 Å². The van der Waals surface area contributed by atoms with Crippen molar-refractivity contribution in [2.45, 2.75) is 13.5 Å². The summed E-state index contributed by atoms with van der Waals surface area (Å²) in [6.07, 6.45) is 1.63. The molecule has 0 aliphatic carbocycles. The van der Waals surface area contributed by atoms with Crippen LogP contribution in [0.2, 0.25) is 0 Å². The first-order valence-corrected chi connectivity index (χ1v) is 7.12. The first-order valence-electron chi connectivity index (χ1n) is 6.32. The number of halogens is 1. The number of carbonyl (C=O) groups excluding carboxylic acids is 1. The molecular weight excluding hydrogens is 318 g/mol. The van der Waals surface area contributed by atoms with Gasteiger partial charge in [0.25, 0.3) is 0 Å². The summed E-state index contributed by atoms with van der Waals surface area (Å²) in [6, 6.07) is 11.4. The van der Waals surface area contributed by atoms with Gasteiger partial charge in [-0.2, -0.15) is 5.10 Å². The van der Waals surface area contributed by atoms with E-state index in [2.05, 4.69) is 26.0 Å². The van der Waals surface area contributed by atoms with Crippen LogP contribution < -0.4 is 0 Å². The number of ketones is 1. The van der Waals surface area contributed by atoms with Crippen LogP contribution in [0.3, 0.4) is 0 Å². The summed E-state index contributed by atoms with van der Waals surface area (Å²) >= 11 is 3.44. The van der Waals surface area contributed by atoms with Gasteiger partial charge in [-0.1, -0.05) is 18.2 Å². The lowest BCUT2D eigenvalue weighted by molar-refractivity contribution is 0.102. The van der Waals surface area contributed by atoms with Gasteiger partial charge in [0.05, 0.1) is 5.52 Å². The number of pyridine rings is 1. The molecule has 0 N–H and O–H groups in total. The van der Waals surface area contributed by atoms with Gasteiger partial charge in [-0.15, -0.1) is 0 Å². The monoisotopic (exact) mass is 329 g/mol. The standard InChI is InChI=1S/C15H12BrN3O/c1-2-19-13(7-8-17-19)15(20)14-11(16)9-10-5-3-4-6-12(10)18-14/h3-9H,2H2,1H3. The van der Waals surface area contributed by atoms with Crippen LogP contribution in [0.15, 0.2) is 47.1 Å². The number of hydrogen-bond acceptors (Lipinski definition) is 3. The van der Waals surface area contributed by atoms with Crippen molar-refractivity contribution in [3.63, 3.8) is 0 Å². The van der Waals surface area contributed by atoms with E-state index in [1.165, 1.54) is 0 Å². The van der Waals surface area contributed by atoms with Crippen molar-refractivity contribution in [1.82, 2.24) is 14.8 Å². The molecule has 0 bridgehead atoms. The lowest BCUT2D eigenvalue weighted by atomic mass is 10.1. The molecule has 2 aromatic heterocycles. The van der Waals surface area contributed by atoms with E-state index in [1.807, 2.05) is 37.3 Å². The fourth-order valence-electron chi connectivity index (χ4n) is 2.15. The van der Waals surface area contributed by atoms with Crippen LogP contribution >= 0.6 is 15.9 Å². The highest BCUT2D eigenvalue weighted by Gasteiger charge is 2.18. The van der Waals surface area contributed by atoms with Gasteiger partial charge >= 0.3 is 0 Å². The van der Waals surface area contributed by atoms with E-state index in [1.54, 1.807) is 16.9 Å². The number of aromatic nitrogens is 3. The maximum atomic E-state index is 12.6. The molecule has 0 aliphatic rings. The van der Waals surface area contributed by atoms with Gasteiger partial charge in [-0.3, -0.25) is 9.48 Å². The molecule has 2 heterocycles. The van der Waals surface area contributed by atoms with Crippen molar-refractivity contribution in [3.05, 3.63) is 58.5 Å². The topological polar surface area (TPSA) is 47.8 Å². The fourth-order valence-corrected chi connectivity index (χ4v) is 2.66. The Kier molecular flexibility index (Phi) is 3.36. The largest absolute Gasteiger partial charge is 0.285 e. The van der Waals surface area contributed by atoms with E-state index >= 15 is 0 Å². The average Bonchev–Trinajstić information content (AvgIpc) is 2.94. The summed E-state index contributed by atoms with van der Waals surface area (Å²) in [6.45, 7) is 2.60. The van der Waals surface area contributed by atoms with Crippen molar-refractivity contribution < 1.29 is 4.79 Å². The van der Waals surface area contributed by atoms with E-state index < -0.39 is 0 Å². The second kappa shape index (κ2) is 5.17. The zero-order chi connectivity index (χ0) is 14.1. The number of nitrogens with zero attached hydrogens (tertiary/aromatic N) is 3. The van der Waals surface area contributed by atoms with Crippen LogP contribution in [0.5, 0.6) is 0 Å². The normalized spacial score (nSPS) is 10.9. The van der Waals surface area contributed by atoms with Crippen LogP contribution in [0.25, 0.3) is 10.9 Å². The Balaban J connectivity index is 2.14. The minimum atomic E-state index is -0.123. The Morgan fingerprint density at radius 1 is 1.30 bits per heavy atom. The molecule has 0 saturated heterocycles. The van der Waals surface area contributed by atoms with Crippen molar-refractivity contribution >= 4 is 32.6 Å². The SMILES string of the molecule is CCn1nccc1C(=O)c1nc2ccccc2cc1Br. The van der Waals surface area contributed by atoms with E-state index in [0.717, 1.165) is 10.9 Å². The third kappa shape index (κ3) is 2.14. The van der Waals surface area contributed by atoms with Gasteiger partial charge in [0, 0.05) is 22.6 Å². The summed E-state index contributed by atoms with van der Waals surface area (Å²) in [5.41, 5.74) is 1.77. The van der Waals surface area contributed by atoms with Gasteiger partial charge in [0.15, 0.2) is 0 Å². The molecule has 3 aromatic rings. The molecule has 0 radical (unpaired) electrons. The maximum absolute atomic E-state index is 12.6. The van der Waals surface area contributed by atoms with Crippen molar-refractivity contribution in [2.24, 2.45) is 0 Å². The van der Waals surface area contributed by atoms with Crippen molar-refractivity contribution in [2.75, 3.05) is 0 Å². The number of carbonyl (C=O) groups is 1. The molecule has 0 atom stereocenters. The number of aryl methyl sites for hydroxylation is 1. The van der Waals surface area contributed by atoms with E-state index in [-0.39, 0.29) is 5.78 Å². The van der Waals surface area contributed by atoms with Gasteiger partial charge in [0.1, 0.15) is 11.4 Å². The second-order valence-electron chi connectivity index (χ2n) is 4.37. The first kappa shape index (κ1) is 13.0. The Morgan fingerprint density at radius 2 is 2.10 bits per heavy atom. The molecular formula is C15H12BrN3O. The highest BCUT2D eigenvalue weighted by Crippen LogP contribution is 2.23. The molecule has 0 unspecified atom stereocenters. The summed E-state index contributed by atoms with van der Waals surface area (Å²) in [7, 11) is 0. The lowest BCUT2D eigenvalue weighted by Crippen LogP contribution is -2.12. The van der Waals surface area contributed by atoms with Crippen LogP contribution in [-0.4, -0.2) is 20.5 Å². The molecule has 0 fully saturated rings. The zero-order valence-electron chi connectivity index (χ0n) is 10.9. The van der Waals surface area contributed by atoms with Crippen LogP contribution in [0, 0.1) is 0 Å². The summed E-state index contributed by atoms with van der Waals surface area (Å²) in [5.74, 6) is -0.123. The number of rotatable bonds is 3. The average molecular weight is 330 g/mol. The second-order valence-corrected chi connectivity index (χ2v) is 5.23. The quantitative estimate of drug-likeness (QED) is 0.691. The molecule has 20 heavy (non-hydrogen) atoms. The third-order valence-corrected chi connectivity index (χ3v) is 3.75. The number of fused-ring (bicyclic) bond motifs is 1. The van der Waals surface area contributed by atoms with Crippen molar-refractivity contribution in [1.29, 1.82) is 0 Å². The minimum absolute atomic E-state index is 0.123. The minimum Gasteiger partial charge on any atom is -0.285 e. The molecule has 0 aliphatic heterocycles. The first-order chi connectivity index (χ1) is 9.70. The van der Waals surface area contributed by atoms with Crippen molar-refractivity contribution in [3.8, 4) is 0 Å². The zero-order valence-corrected chi connectivity index (χ0v) is 12.5. The summed E-state index contributed by atoms with van der Waals surface area (Å²) in [4.78, 5) is 17.1. The van der Waals surface area contributed by atoms with Gasteiger partial charge in [-0.25, -0.2) is 4.98 Å². The van der Waals surface area contributed by atoms with Crippen LogP contribution in [-0.2, 0) is 6.54 Å². The van der Waals surface area contributed by atoms with Gasteiger partial charge < -0.3 is 0 Å².